The van der Waals surface area contributed by atoms with Gasteiger partial charge in [-0.15, -0.1) is 0 Å². The Bertz CT molecular complexity index is 608. The summed E-state index contributed by atoms with van der Waals surface area (Å²) in [5.41, 5.74) is 7.81. The summed E-state index contributed by atoms with van der Waals surface area (Å²) in [4.78, 5) is 15.7. The molecule has 2 heterocycles. The van der Waals surface area contributed by atoms with E-state index in [0.29, 0.717) is 12.4 Å². The number of methoxy groups -OCH3 is 1. The van der Waals surface area contributed by atoms with Crippen molar-refractivity contribution >= 4 is 11.8 Å². The number of ether oxygens (including phenoxy) is 1. The number of aryl methyl sites for hydroxylation is 3. The summed E-state index contributed by atoms with van der Waals surface area (Å²) in [5, 5.41) is 3.89. The number of nitrogen functional groups attached to an aromatic ring is 1. The molecular formula is C12H16N4O3. The topological polar surface area (TPSA) is 96.2 Å². The molecule has 0 aliphatic rings. The molecule has 2 aromatic heterocycles. The minimum atomic E-state index is -0.543. The maximum absolute atomic E-state index is 11.5. The molecule has 0 aliphatic carbocycles. The number of hydrogen-bond acceptors (Lipinski definition) is 6. The molecule has 7 heteroatoms. The van der Waals surface area contributed by atoms with Gasteiger partial charge in [0.1, 0.15) is 17.4 Å². The first kappa shape index (κ1) is 13.1. The summed E-state index contributed by atoms with van der Waals surface area (Å²) in [5.74, 6) is 1.10. The molecule has 0 amide bonds. The predicted molar refractivity (Wildman–Crippen MR) is 67.8 cm³/mol. The van der Waals surface area contributed by atoms with Crippen molar-refractivity contribution in [2.75, 3.05) is 12.8 Å². The summed E-state index contributed by atoms with van der Waals surface area (Å²) in [7, 11) is 1.30. The highest BCUT2D eigenvalue weighted by molar-refractivity contribution is 5.92. The number of carbonyl (C=O) groups is 1. The number of aromatic nitrogens is 3. The number of rotatable bonds is 3. The van der Waals surface area contributed by atoms with Crippen LogP contribution in [0.3, 0.4) is 0 Å². The van der Waals surface area contributed by atoms with E-state index >= 15 is 0 Å². The van der Waals surface area contributed by atoms with Crippen LogP contribution in [0.1, 0.15) is 33.3 Å². The van der Waals surface area contributed by atoms with Crippen molar-refractivity contribution in [3.63, 3.8) is 0 Å². The Morgan fingerprint density at radius 1 is 1.42 bits per heavy atom. The van der Waals surface area contributed by atoms with Gasteiger partial charge in [-0.25, -0.2) is 9.78 Å². The van der Waals surface area contributed by atoms with Crippen LogP contribution in [0.4, 0.5) is 5.82 Å². The van der Waals surface area contributed by atoms with Gasteiger partial charge in [0, 0.05) is 5.56 Å². The Labute approximate surface area is 110 Å². The van der Waals surface area contributed by atoms with Crippen LogP contribution in [0.15, 0.2) is 4.52 Å². The molecule has 0 bridgehead atoms. The van der Waals surface area contributed by atoms with Crippen LogP contribution in [0.5, 0.6) is 0 Å². The summed E-state index contributed by atoms with van der Waals surface area (Å²) < 4.78 is 11.5. The van der Waals surface area contributed by atoms with Gasteiger partial charge >= 0.3 is 5.97 Å². The van der Waals surface area contributed by atoms with E-state index in [9.17, 15) is 4.79 Å². The minimum Gasteiger partial charge on any atom is -0.464 e. The molecule has 2 aromatic rings. The Balaban J connectivity index is 2.41. The summed E-state index contributed by atoms with van der Waals surface area (Å²) in [6.07, 6.45) is 0. The maximum atomic E-state index is 11.5. The SMILES string of the molecule is COC(=O)c1nc(C)n(Cc2c(C)noc2C)c1N. The quantitative estimate of drug-likeness (QED) is 0.837. The Hall–Kier alpha value is -2.31. The van der Waals surface area contributed by atoms with Gasteiger partial charge in [0.25, 0.3) is 0 Å². The second-order valence-electron chi connectivity index (χ2n) is 4.27. The Kier molecular flexibility index (Phi) is 3.28. The minimum absolute atomic E-state index is 0.131. The van der Waals surface area contributed by atoms with Gasteiger partial charge < -0.3 is 19.6 Å². The highest BCUT2D eigenvalue weighted by Crippen LogP contribution is 2.20. The van der Waals surface area contributed by atoms with Gasteiger partial charge in [0.15, 0.2) is 5.69 Å². The fourth-order valence-corrected chi connectivity index (χ4v) is 1.91. The standard InChI is InChI=1S/C12H16N4O3/c1-6-9(7(2)19-15-6)5-16-8(3)14-10(11(16)13)12(17)18-4/h5,13H2,1-4H3. The van der Waals surface area contributed by atoms with Crippen molar-refractivity contribution in [1.29, 1.82) is 0 Å². The van der Waals surface area contributed by atoms with Crippen LogP contribution in [-0.2, 0) is 11.3 Å². The van der Waals surface area contributed by atoms with Crippen LogP contribution in [0, 0.1) is 20.8 Å². The fourth-order valence-electron chi connectivity index (χ4n) is 1.91. The van der Waals surface area contributed by atoms with Crippen molar-refractivity contribution in [2.24, 2.45) is 0 Å². The molecule has 0 spiro atoms. The first-order chi connectivity index (χ1) is 8.95. The monoisotopic (exact) mass is 264 g/mol. The van der Waals surface area contributed by atoms with E-state index in [0.717, 1.165) is 17.0 Å². The average molecular weight is 264 g/mol. The lowest BCUT2D eigenvalue weighted by molar-refractivity contribution is 0.0595. The summed E-state index contributed by atoms with van der Waals surface area (Å²) in [6, 6.07) is 0. The van der Waals surface area contributed by atoms with E-state index in [-0.39, 0.29) is 11.5 Å². The number of nitrogens with zero attached hydrogens (tertiary/aromatic N) is 3. The molecule has 0 aliphatic heterocycles. The lowest BCUT2D eigenvalue weighted by atomic mass is 10.2. The third kappa shape index (κ3) is 2.18. The Morgan fingerprint density at radius 3 is 2.63 bits per heavy atom. The van der Waals surface area contributed by atoms with Crippen LogP contribution >= 0.6 is 0 Å². The van der Waals surface area contributed by atoms with E-state index in [4.69, 9.17) is 10.3 Å². The smallest absolute Gasteiger partial charge is 0.360 e. The molecule has 102 valence electrons. The molecule has 2 N–H and O–H groups in total. The molecule has 0 unspecified atom stereocenters. The molecule has 0 fully saturated rings. The third-order valence-corrected chi connectivity index (χ3v) is 3.07. The summed E-state index contributed by atoms with van der Waals surface area (Å²) in [6.45, 7) is 5.93. The molecule has 19 heavy (non-hydrogen) atoms. The van der Waals surface area contributed by atoms with E-state index in [2.05, 4.69) is 14.9 Å². The summed E-state index contributed by atoms with van der Waals surface area (Å²) >= 11 is 0. The van der Waals surface area contributed by atoms with E-state index < -0.39 is 5.97 Å². The van der Waals surface area contributed by atoms with Crippen molar-refractivity contribution < 1.29 is 14.1 Å². The molecule has 0 aromatic carbocycles. The van der Waals surface area contributed by atoms with Gasteiger partial charge in [-0.3, -0.25) is 0 Å². The van der Waals surface area contributed by atoms with Crippen LogP contribution < -0.4 is 5.73 Å². The van der Waals surface area contributed by atoms with Crippen molar-refractivity contribution in [1.82, 2.24) is 14.7 Å². The number of esters is 1. The molecular weight excluding hydrogens is 248 g/mol. The number of carbonyl (C=O) groups excluding carboxylic acids is 1. The molecule has 0 saturated heterocycles. The van der Waals surface area contributed by atoms with Gasteiger partial charge in [0.05, 0.1) is 19.3 Å². The number of imidazole rings is 1. The number of anilines is 1. The lowest BCUT2D eigenvalue weighted by Crippen LogP contribution is -2.10. The molecule has 2 rings (SSSR count). The highest BCUT2D eigenvalue weighted by Gasteiger charge is 2.20. The second-order valence-corrected chi connectivity index (χ2v) is 4.27. The first-order valence-corrected chi connectivity index (χ1v) is 5.78. The molecule has 0 atom stereocenters. The Morgan fingerprint density at radius 2 is 2.11 bits per heavy atom. The first-order valence-electron chi connectivity index (χ1n) is 5.78. The zero-order valence-corrected chi connectivity index (χ0v) is 11.4. The van der Waals surface area contributed by atoms with Crippen LogP contribution in [0.2, 0.25) is 0 Å². The fraction of sp³-hybridized carbons (Fsp3) is 0.417. The zero-order chi connectivity index (χ0) is 14.2. The van der Waals surface area contributed by atoms with Crippen molar-refractivity contribution in [3.8, 4) is 0 Å². The number of nitrogens with two attached hydrogens (primary N) is 1. The van der Waals surface area contributed by atoms with Gasteiger partial charge in [-0.2, -0.15) is 0 Å². The van der Waals surface area contributed by atoms with Crippen molar-refractivity contribution in [3.05, 3.63) is 28.5 Å². The third-order valence-electron chi connectivity index (χ3n) is 3.07. The van der Waals surface area contributed by atoms with Crippen LogP contribution in [-0.4, -0.2) is 27.8 Å². The van der Waals surface area contributed by atoms with Crippen molar-refractivity contribution in [2.45, 2.75) is 27.3 Å². The van der Waals surface area contributed by atoms with Gasteiger partial charge in [0.2, 0.25) is 0 Å². The van der Waals surface area contributed by atoms with Gasteiger partial charge in [-0.05, 0) is 20.8 Å². The molecule has 7 nitrogen and oxygen atoms in total. The van der Waals surface area contributed by atoms with Crippen LogP contribution in [0.25, 0.3) is 0 Å². The molecule has 0 radical (unpaired) electrons. The largest absolute Gasteiger partial charge is 0.464 e. The lowest BCUT2D eigenvalue weighted by Gasteiger charge is -2.07. The maximum Gasteiger partial charge on any atom is 0.360 e. The average Bonchev–Trinajstić information content (AvgIpc) is 2.84. The predicted octanol–water partition coefficient (Wildman–Crippen LogP) is 1.21. The number of hydrogen-bond donors (Lipinski definition) is 1. The highest BCUT2D eigenvalue weighted by atomic mass is 16.5. The van der Waals surface area contributed by atoms with E-state index in [1.54, 1.807) is 11.5 Å². The second kappa shape index (κ2) is 4.75. The molecule has 0 saturated carbocycles. The zero-order valence-electron chi connectivity index (χ0n) is 11.4. The van der Waals surface area contributed by atoms with Gasteiger partial charge in [-0.1, -0.05) is 5.16 Å². The normalized spacial score (nSPS) is 10.7. The van der Waals surface area contributed by atoms with E-state index in [1.807, 2.05) is 13.8 Å². The van der Waals surface area contributed by atoms with E-state index in [1.165, 1.54) is 7.11 Å².